The van der Waals surface area contributed by atoms with Crippen LogP contribution in [-0.2, 0) is 4.79 Å². The number of nitrogens with one attached hydrogen (secondary N) is 1. The van der Waals surface area contributed by atoms with Crippen LogP contribution in [0.4, 0.5) is 0 Å². The third-order valence-electron chi connectivity index (χ3n) is 3.04. The number of carbonyl (C=O) groups excluding carboxylic acids is 1. The number of carbonyl (C=O) groups is 1. The summed E-state index contributed by atoms with van der Waals surface area (Å²) in [5, 5.41) is 3.08. The molecular formula is C14H21BrN2O. The second-order valence-corrected chi connectivity index (χ2v) is 5.42. The van der Waals surface area contributed by atoms with Gasteiger partial charge in [-0.15, -0.1) is 0 Å². The number of hydrogen-bond donors (Lipinski definition) is 2. The monoisotopic (exact) mass is 312 g/mol. The Morgan fingerprint density at radius 3 is 2.50 bits per heavy atom. The summed E-state index contributed by atoms with van der Waals surface area (Å²) in [7, 11) is 0. The van der Waals surface area contributed by atoms with Gasteiger partial charge in [-0.05, 0) is 37.1 Å². The number of hydrogen-bond acceptors (Lipinski definition) is 2. The molecule has 3 nitrogen and oxygen atoms in total. The molecule has 18 heavy (non-hydrogen) atoms. The van der Waals surface area contributed by atoms with E-state index in [1.807, 2.05) is 31.2 Å². The van der Waals surface area contributed by atoms with Crippen LogP contribution in [0.3, 0.4) is 0 Å². The first-order valence-corrected chi connectivity index (χ1v) is 7.13. The van der Waals surface area contributed by atoms with Gasteiger partial charge >= 0.3 is 0 Å². The Hall–Kier alpha value is -0.870. The predicted octanol–water partition coefficient (Wildman–Crippen LogP) is 3.00. The van der Waals surface area contributed by atoms with E-state index in [-0.39, 0.29) is 17.9 Å². The first kappa shape index (κ1) is 15.2. The summed E-state index contributed by atoms with van der Waals surface area (Å²) in [6.45, 7) is 4.53. The summed E-state index contributed by atoms with van der Waals surface area (Å²) >= 11 is 3.41. The van der Waals surface area contributed by atoms with E-state index in [1.165, 1.54) is 0 Å². The molecule has 0 aromatic heterocycles. The molecule has 0 saturated heterocycles. The van der Waals surface area contributed by atoms with E-state index in [4.69, 9.17) is 5.73 Å². The van der Waals surface area contributed by atoms with Crippen molar-refractivity contribution in [2.75, 3.05) is 6.54 Å². The zero-order valence-corrected chi connectivity index (χ0v) is 12.5. The second kappa shape index (κ2) is 7.54. The molecule has 0 radical (unpaired) electrons. The topological polar surface area (TPSA) is 55.1 Å². The lowest BCUT2D eigenvalue weighted by Gasteiger charge is -2.20. The van der Waals surface area contributed by atoms with Gasteiger partial charge in [0.15, 0.2) is 0 Å². The average molecular weight is 313 g/mol. The molecule has 2 unspecified atom stereocenters. The van der Waals surface area contributed by atoms with Crippen molar-refractivity contribution in [3.63, 3.8) is 0 Å². The Bertz CT molecular complexity index is 378. The second-order valence-electron chi connectivity index (χ2n) is 4.50. The molecule has 0 spiro atoms. The molecule has 0 aliphatic rings. The molecule has 100 valence electrons. The first-order valence-electron chi connectivity index (χ1n) is 6.34. The van der Waals surface area contributed by atoms with E-state index in [0.29, 0.717) is 6.54 Å². The highest BCUT2D eigenvalue weighted by molar-refractivity contribution is 9.10. The third kappa shape index (κ3) is 4.42. The van der Waals surface area contributed by atoms with Crippen LogP contribution in [0.15, 0.2) is 28.7 Å². The van der Waals surface area contributed by atoms with Gasteiger partial charge < -0.3 is 11.1 Å². The minimum atomic E-state index is -0.0282. The molecule has 1 rings (SSSR count). The smallest absolute Gasteiger partial charge is 0.223 e. The van der Waals surface area contributed by atoms with Crippen LogP contribution in [0.5, 0.6) is 0 Å². The highest BCUT2D eigenvalue weighted by Crippen LogP contribution is 2.20. The molecule has 2 atom stereocenters. The fourth-order valence-electron chi connectivity index (χ4n) is 1.81. The number of rotatable bonds is 6. The van der Waals surface area contributed by atoms with Gasteiger partial charge in [0.1, 0.15) is 0 Å². The lowest BCUT2D eigenvalue weighted by molar-refractivity contribution is -0.125. The number of nitrogens with two attached hydrogens (primary N) is 1. The molecule has 1 amide bonds. The van der Waals surface area contributed by atoms with Crippen molar-refractivity contribution < 1.29 is 4.79 Å². The maximum Gasteiger partial charge on any atom is 0.223 e. The van der Waals surface area contributed by atoms with Crippen molar-refractivity contribution >= 4 is 21.8 Å². The van der Waals surface area contributed by atoms with Gasteiger partial charge in [-0.2, -0.15) is 0 Å². The molecule has 3 N–H and O–H groups in total. The Morgan fingerprint density at radius 2 is 2.00 bits per heavy atom. The zero-order valence-electron chi connectivity index (χ0n) is 10.9. The average Bonchev–Trinajstić information content (AvgIpc) is 2.37. The summed E-state index contributed by atoms with van der Waals surface area (Å²) in [4.78, 5) is 12.0. The Morgan fingerprint density at radius 1 is 1.39 bits per heavy atom. The van der Waals surface area contributed by atoms with Crippen LogP contribution >= 0.6 is 15.9 Å². The van der Waals surface area contributed by atoms with Crippen molar-refractivity contribution in [2.24, 2.45) is 11.7 Å². The minimum Gasteiger partial charge on any atom is -0.349 e. The van der Waals surface area contributed by atoms with Crippen molar-refractivity contribution in [1.29, 1.82) is 0 Å². The van der Waals surface area contributed by atoms with Crippen LogP contribution in [0.2, 0.25) is 0 Å². The Balaban J connectivity index is 2.67. The maximum absolute atomic E-state index is 12.0. The summed E-state index contributed by atoms with van der Waals surface area (Å²) in [6.07, 6.45) is 1.60. The van der Waals surface area contributed by atoms with Crippen molar-refractivity contribution in [2.45, 2.75) is 32.7 Å². The quantitative estimate of drug-likeness (QED) is 0.848. The standard InChI is InChI=1S/C14H21BrN2O/c1-3-13(11-4-6-12(15)7-5-11)17-14(18)10(2)8-9-16/h4-7,10,13H,3,8-9,16H2,1-2H3,(H,17,18). The molecule has 1 aromatic rings. The summed E-state index contributed by atoms with van der Waals surface area (Å²) in [5.41, 5.74) is 6.61. The lowest BCUT2D eigenvalue weighted by atomic mass is 10.0. The molecule has 0 aliphatic heterocycles. The predicted molar refractivity (Wildman–Crippen MR) is 78.2 cm³/mol. The van der Waals surface area contributed by atoms with E-state index in [0.717, 1.165) is 22.9 Å². The molecule has 1 aromatic carbocycles. The van der Waals surface area contributed by atoms with Crippen LogP contribution in [0, 0.1) is 5.92 Å². The molecule has 0 bridgehead atoms. The molecule has 0 aliphatic carbocycles. The van der Waals surface area contributed by atoms with Crippen LogP contribution in [-0.4, -0.2) is 12.5 Å². The van der Waals surface area contributed by atoms with E-state index >= 15 is 0 Å². The first-order chi connectivity index (χ1) is 8.58. The van der Waals surface area contributed by atoms with E-state index in [9.17, 15) is 4.79 Å². The van der Waals surface area contributed by atoms with Crippen LogP contribution in [0.1, 0.15) is 38.3 Å². The van der Waals surface area contributed by atoms with Crippen molar-refractivity contribution in [3.05, 3.63) is 34.3 Å². The third-order valence-corrected chi connectivity index (χ3v) is 3.57. The molecule has 0 fully saturated rings. The van der Waals surface area contributed by atoms with Crippen LogP contribution < -0.4 is 11.1 Å². The number of benzene rings is 1. The normalized spacial score (nSPS) is 14.0. The highest BCUT2D eigenvalue weighted by Gasteiger charge is 2.17. The van der Waals surface area contributed by atoms with Crippen molar-refractivity contribution in [1.82, 2.24) is 5.32 Å². The van der Waals surface area contributed by atoms with Gasteiger partial charge in [-0.1, -0.05) is 41.9 Å². The summed E-state index contributed by atoms with van der Waals surface area (Å²) in [5.74, 6) is 0.0507. The van der Waals surface area contributed by atoms with Crippen LogP contribution in [0.25, 0.3) is 0 Å². The number of amides is 1. The SMILES string of the molecule is CCC(NC(=O)C(C)CCN)c1ccc(Br)cc1. The Labute approximate surface area is 117 Å². The maximum atomic E-state index is 12.0. The van der Waals surface area contributed by atoms with Gasteiger partial charge in [-0.3, -0.25) is 4.79 Å². The van der Waals surface area contributed by atoms with E-state index in [1.54, 1.807) is 0 Å². The zero-order chi connectivity index (χ0) is 13.5. The fourth-order valence-corrected chi connectivity index (χ4v) is 2.08. The van der Waals surface area contributed by atoms with Gasteiger partial charge in [0, 0.05) is 10.4 Å². The molecule has 4 heteroatoms. The van der Waals surface area contributed by atoms with E-state index in [2.05, 4.69) is 28.2 Å². The number of halogens is 1. The molecular weight excluding hydrogens is 292 g/mol. The minimum absolute atomic E-state index is 0.0282. The lowest BCUT2D eigenvalue weighted by Crippen LogP contribution is -2.33. The summed E-state index contributed by atoms with van der Waals surface area (Å²) in [6, 6.07) is 8.13. The van der Waals surface area contributed by atoms with Gasteiger partial charge in [0.25, 0.3) is 0 Å². The van der Waals surface area contributed by atoms with Crippen molar-refractivity contribution in [3.8, 4) is 0 Å². The van der Waals surface area contributed by atoms with Gasteiger partial charge in [-0.25, -0.2) is 0 Å². The van der Waals surface area contributed by atoms with Gasteiger partial charge in [0.2, 0.25) is 5.91 Å². The molecule has 0 heterocycles. The Kier molecular flexibility index (Phi) is 6.36. The summed E-state index contributed by atoms with van der Waals surface area (Å²) < 4.78 is 1.05. The largest absolute Gasteiger partial charge is 0.349 e. The van der Waals surface area contributed by atoms with E-state index < -0.39 is 0 Å². The molecule has 0 saturated carbocycles. The van der Waals surface area contributed by atoms with Gasteiger partial charge in [0.05, 0.1) is 6.04 Å². The fraction of sp³-hybridized carbons (Fsp3) is 0.500. The highest BCUT2D eigenvalue weighted by atomic mass is 79.9.